The van der Waals surface area contributed by atoms with Crippen LogP contribution in [0.1, 0.15) is 22.3 Å². The van der Waals surface area contributed by atoms with Crippen LogP contribution in [-0.4, -0.2) is 9.97 Å². The molecule has 2 aromatic heterocycles. The number of hydrogen-bond acceptors (Lipinski definition) is 6. The van der Waals surface area contributed by atoms with E-state index in [1.807, 2.05) is 36.4 Å². The second-order valence-electron chi connectivity index (χ2n) is 20.4. The summed E-state index contributed by atoms with van der Waals surface area (Å²) in [7, 11) is 0. The quantitative estimate of drug-likeness (QED) is 0.122. The zero-order chi connectivity index (χ0) is 53.7. The molecule has 81 heavy (non-hydrogen) atoms. The summed E-state index contributed by atoms with van der Waals surface area (Å²) in [4.78, 5) is 16.0. The Bertz CT molecular complexity index is 4260. The SMILES string of the molecule is c1ccc(-c2nc3c(N(c4ccccc4)c4ccccc4-c4ccccc4)cc4c(c3o2)-c2c(cc(N(c3ccccc3)c3ccccc3-c3ccccc3)c3nc(-c5ccccc5)oc23)C4(c2ccccc2)c2ccccc2)cc1. The Morgan fingerprint density at radius 3 is 0.938 bits per heavy atom. The normalized spacial score (nSPS) is 12.3. The molecule has 0 aliphatic heterocycles. The number of rotatable bonds is 12. The molecule has 382 valence electrons. The van der Waals surface area contributed by atoms with Crippen molar-refractivity contribution in [3.8, 4) is 56.3 Å². The van der Waals surface area contributed by atoms with Crippen molar-refractivity contribution in [3.05, 3.63) is 326 Å². The summed E-state index contributed by atoms with van der Waals surface area (Å²) in [5, 5.41) is 0. The van der Waals surface area contributed by atoms with E-state index in [1.165, 1.54) is 0 Å². The molecular weight excluding hydrogens is 989 g/mol. The number of anilines is 6. The third kappa shape index (κ3) is 7.87. The Balaban J connectivity index is 1.14. The Labute approximate surface area is 469 Å². The molecule has 0 spiro atoms. The van der Waals surface area contributed by atoms with Crippen LogP contribution in [-0.2, 0) is 5.41 Å². The number of fused-ring (bicyclic) bond motifs is 7. The van der Waals surface area contributed by atoms with E-state index < -0.39 is 5.41 Å². The van der Waals surface area contributed by atoms with E-state index in [1.54, 1.807) is 0 Å². The lowest BCUT2D eigenvalue weighted by Crippen LogP contribution is -2.29. The van der Waals surface area contributed by atoms with Gasteiger partial charge in [0.1, 0.15) is 11.0 Å². The topological polar surface area (TPSA) is 58.5 Å². The maximum Gasteiger partial charge on any atom is 0.227 e. The number of aromatic nitrogens is 2. The first-order valence-electron chi connectivity index (χ1n) is 27.4. The van der Waals surface area contributed by atoms with E-state index in [4.69, 9.17) is 18.8 Å². The van der Waals surface area contributed by atoms with Crippen molar-refractivity contribution in [3.63, 3.8) is 0 Å². The van der Waals surface area contributed by atoms with E-state index in [0.717, 1.165) is 101 Å². The lowest BCUT2D eigenvalue weighted by Gasteiger charge is -2.36. The molecule has 2 heterocycles. The van der Waals surface area contributed by atoms with Crippen molar-refractivity contribution in [2.45, 2.75) is 5.41 Å². The summed E-state index contributed by atoms with van der Waals surface area (Å²) in [6, 6.07) is 107. The smallest absolute Gasteiger partial charge is 0.227 e. The third-order valence-electron chi connectivity index (χ3n) is 15.8. The van der Waals surface area contributed by atoms with Gasteiger partial charge in [0.2, 0.25) is 11.8 Å². The van der Waals surface area contributed by atoms with Crippen molar-refractivity contribution in [2.24, 2.45) is 0 Å². The minimum Gasteiger partial charge on any atom is -0.435 e. The van der Waals surface area contributed by atoms with Crippen LogP contribution in [0.15, 0.2) is 312 Å². The molecule has 6 heteroatoms. The predicted molar refractivity (Wildman–Crippen MR) is 330 cm³/mol. The minimum atomic E-state index is -0.999. The van der Waals surface area contributed by atoms with Gasteiger partial charge >= 0.3 is 0 Å². The molecule has 0 N–H and O–H groups in total. The van der Waals surface area contributed by atoms with Gasteiger partial charge in [-0.2, -0.15) is 0 Å². The Kier molecular flexibility index (Phi) is 11.6. The lowest BCUT2D eigenvalue weighted by molar-refractivity contribution is 0.616. The molecule has 0 radical (unpaired) electrons. The summed E-state index contributed by atoms with van der Waals surface area (Å²) in [5.74, 6) is 1.01. The molecule has 1 aliphatic carbocycles. The van der Waals surface area contributed by atoms with E-state index in [2.05, 4.69) is 277 Å². The van der Waals surface area contributed by atoms with Crippen LogP contribution < -0.4 is 9.80 Å². The van der Waals surface area contributed by atoms with Gasteiger partial charge in [0.15, 0.2) is 11.2 Å². The molecular formula is C75H50N4O2. The number of oxazole rings is 2. The Morgan fingerprint density at radius 1 is 0.284 bits per heavy atom. The molecule has 0 bridgehead atoms. The maximum absolute atomic E-state index is 7.51. The highest BCUT2D eigenvalue weighted by atomic mass is 16.4. The highest BCUT2D eigenvalue weighted by Gasteiger charge is 2.51. The third-order valence-corrected chi connectivity index (χ3v) is 15.8. The number of hydrogen-bond donors (Lipinski definition) is 0. The number of nitrogens with zero attached hydrogens (tertiary/aromatic N) is 4. The van der Waals surface area contributed by atoms with Gasteiger partial charge in [0, 0.05) is 44.8 Å². The molecule has 15 rings (SSSR count). The first kappa shape index (κ1) is 47.4. The van der Waals surface area contributed by atoms with Crippen molar-refractivity contribution in [1.29, 1.82) is 0 Å². The van der Waals surface area contributed by atoms with Crippen LogP contribution in [0.25, 0.3) is 78.5 Å². The Hall–Kier alpha value is -10.8. The molecule has 0 amide bonds. The summed E-state index contributed by atoms with van der Waals surface area (Å²) >= 11 is 0. The monoisotopic (exact) mass is 1040 g/mol. The zero-order valence-corrected chi connectivity index (χ0v) is 44.0. The summed E-state index contributed by atoms with van der Waals surface area (Å²) in [6.45, 7) is 0. The lowest BCUT2D eigenvalue weighted by atomic mass is 9.67. The van der Waals surface area contributed by atoms with Crippen LogP contribution in [0.5, 0.6) is 0 Å². The summed E-state index contributed by atoms with van der Waals surface area (Å²) in [6.07, 6.45) is 0. The average Bonchev–Trinajstić information content (AvgIpc) is 2.43. The largest absolute Gasteiger partial charge is 0.435 e. The van der Waals surface area contributed by atoms with Gasteiger partial charge in [-0.15, -0.1) is 0 Å². The van der Waals surface area contributed by atoms with Crippen molar-refractivity contribution < 1.29 is 8.83 Å². The van der Waals surface area contributed by atoms with Gasteiger partial charge in [-0.3, -0.25) is 0 Å². The number of para-hydroxylation sites is 4. The predicted octanol–water partition coefficient (Wildman–Crippen LogP) is 19.9. The average molecular weight is 1040 g/mol. The molecule has 0 atom stereocenters. The van der Waals surface area contributed by atoms with E-state index in [9.17, 15) is 0 Å². The van der Waals surface area contributed by atoms with Crippen LogP contribution in [0, 0.1) is 0 Å². The van der Waals surface area contributed by atoms with Crippen LogP contribution >= 0.6 is 0 Å². The molecule has 12 aromatic carbocycles. The molecule has 14 aromatic rings. The highest BCUT2D eigenvalue weighted by Crippen LogP contribution is 2.63. The van der Waals surface area contributed by atoms with Gasteiger partial charge < -0.3 is 18.6 Å². The van der Waals surface area contributed by atoms with Crippen LogP contribution in [0.2, 0.25) is 0 Å². The van der Waals surface area contributed by atoms with E-state index in [0.29, 0.717) is 34.0 Å². The zero-order valence-electron chi connectivity index (χ0n) is 44.0. The summed E-state index contributed by atoms with van der Waals surface area (Å²) in [5.41, 5.74) is 19.3. The van der Waals surface area contributed by atoms with Crippen LogP contribution in [0.4, 0.5) is 34.1 Å². The fourth-order valence-electron chi connectivity index (χ4n) is 12.3. The van der Waals surface area contributed by atoms with E-state index >= 15 is 0 Å². The first-order valence-corrected chi connectivity index (χ1v) is 27.4. The van der Waals surface area contributed by atoms with Crippen LogP contribution in [0.3, 0.4) is 0 Å². The molecule has 0 saturated heterocycles. The maximum atomic E-state index is 7.51. The molecule has 1 aliphatic rings. The van der Waals surface area contributed by atoms with E-state index in [-0.39, 0.29) is 0 Å². The minimum absolute atomic E-state index is 0.506. The fourth-order valence-corrected chi connectivity index (χ4v) is 12.3. The van der Waals surface area contributed by atoms with Gasteiger partial charge in [0.25, 0.3) is 0 Å². The number of benzene rings is 12. The van der Waals surface area contributed by atoms with Gasteiger partial charge in [-0.25, -0.2) is 9.97 Å². The second kappa shape index (κ2) is 19.9. The van der Waals surface area contributed by atoms with Gasteiger partial charge in [-0.05, 0) is 106 Å². The molecule has 0 fully saturated rings. The second-order valence-corrected chi connectivity index (χ2v) is 20.4. The Morgan fingerprint density at radius 2 is 0.580 bits per heavy atom. The molecule has 0 unspecified atom stereocenters. The van der Waals surface area contributed by atoms with Gasteiger partial charge in [0.05, 0.1) is 28.2 Å². The van der Waals surface area contributed by atoms with Crippen molar-refractivity contribution in [1.82, 2.24) is 9.97 Å². The van der Waals surface area contributed by atoms with Gasteiger partial charge in [-0.1, -0.05) is 231 Å². The first-order chi connectivity index (χ1) is 40.2. The molecule has 0 saturated carbocycles. The fraction of sp³-hybridized carbons (Fsp3) is 0.0133. The molecule has 6 nitrogen and oxygen atoms in total. The summed E-state index contributed by atoms with van der Waals surface area (Å²) < 4.78 is 15.0. The van der Waals surface area contributed by atoms with Crippen molar-refractivity contribution in [2.75, 3.05) is 9.80 Å². The van der Waals surface area contributed by atoms with Crippen molar-refractivity contribution >= 4 is 56.3 Å². The highest BCUT2D eigenvalue weighted by molar-refractivity contribution is 6.15. The standard InChI is InChI=1S/C75H50N4O2/c1-9-29-51(30-10-1)59-45-25-27-47-63(59)78(57-41-21-7-22-42-57)65-49-61-67(71-69(65)76-73(80-71)53-33-13-3-14-34-53)68-62(75(61,55-37-17-5-18-38-55)56-39-19-6-20-40-56)50-66(70-72(68)81-74(77-70)54-35-15-4-16-36-54)79(58-43-23-8-24-44-58)64-48-28-26-46-60(64)52-31-11-2-12-32-52/h1-50H.